The summed E-state index contributed by atoms with van der Waals surface area (Å²) in [4.78, 5) is 13.1. The molecule has 1 aromatic carbocycles. The maximum Gasteiger partial charge on any atom is 0.228 e. The predicted octanol–water partition coefficient (Wildman–Crippen LogP) is 0.969. The first-order valence-corrected chi connectivity index (χ1v) is 7.63. The van der Waals surface area contributed by atoms with Crippen LogP contribution < -0.4 is 15.8 Å². The summed E-state index contributed by atoms with van der Waals surface area (Å²) >= 11 is 11.7. The molecular formula is C10H11Cl2N3O3S. The number of hydrogen-bond donors (Lipinski definition) is 2. The monoisotopic (exact) mass is 323 g/mol. The molecule has 1 amide bonds. The van der Waals surface area contributed by atoms with Crippen LogP contribution in [0.25, 0.3) is 0 Å². The molecule has 1 saturated heterocycles. The lowest BCUT2D eigenvalue weighted by molar-refractivity contribution is -0.117. The Kier molecular flexibility index (Phi) is 3.65. The zero-order valence-corrected chi connectivity index (χ0v) is 12.0. The lowest BCUT2D eigenvalue weighted by atomic mass is 10.2. The molecule has 1 aliphatic heterocycles. The van der Waals surface area contributed by atoms with Crippen LogP contribution in [0.4, 0.5) is 11.4 Å². The van der Waals surface area contributed by atoms with Gasteiger partial charge in [-0.05, 0) is 12.1 Å². The Morgan fingerprint density at radius 2 is 1.95 bits per heavy atom. The van der Waals surface area contributed by atoms with Crippen molar-refractivity contribution in [2.75, 3.05) is 17.2 Å². The van der Waals surface area contributed by atoms with Gasteiger partial charge in [-0.15, -0.1) is 0 Å². The summed E-state index contributed by atoms with van der Waals surface area (Å²) in [6.45, 7) is -0.0570. The zero-order chi connectivity index (χ0) is 14.4. The number of benzene rings is 1. The van der Waals surface area contributed by atoms with Crippen molar-refractivity contribution in [2.24, 2.45) is 5.14 Å². The molecule has 1 aromatic rings. The van der Waals surface area contributed by atoms with Crippen molar-refractivity contribution in [3.63, 3.8) is 0 Å². The van der Waals surface area contributed by atoms with Crippen LogP contribution in [0.5, 0.6) is 0 Å². The molecule has 19 heavy (non-hydrogen) atoms. The number of rotatable bonds is 2. The van der Waals surface area contributed by atoms with Crippen molar-refractivity contribution in [2.45, 2.75) is 11.7 Å². The molecule has 4 N–H and O–H groups in total. The summed E-state index contributed by atoms with van der Waals surface area (Å²) in [5.74, 6) is -0.385. The van der Waals surface area contributed by atoms with Crippen LogP contribution in [-0.4, -0.2) is 26.1 Å². The summed E-state index contributed by atoms with van der Waals surface area (Å²) in [6.07, 6.45) is -0.178. The Morgan fingerprint density at radius 1 is 1.32 bits per heavy atom. The standard InChI is InChI=1S/C10H11Cl2N3O3S/c11-5-1-7(12)10(13)8(2-5)15-4-6(3-9(15)16)19(14,17)18/h1-2,6H,3-4,13H2,(H2,14,17,18). The highest BCUT2D eigenvalue weighted by molar-refractivity contribution is 7.89. The van der Waals surface area contributed by atoms with Crippen molar-refractivity contribution in [1.82, 2.24) is 0 Å². The lowest BCUT2D eigenvalue weighted by Gasteiger charge is -2.19. The van der Waals surface area contributed by atoms with E-state index in [2.05, 4.69) is 0 Å². The molecule has 2 rings (SSSR count). The van der Waals surface area contributed by atoms with Crippen molar-refractivity contribution in [1.29, 1.82) is 0 Å². The van der Waals surface area contributed by atoms with Gasteiger partial charge in [0.2, 0.25) is 15.9 Å². The zero-order valence-electron chi connectivity index (χ0n) is 9.64. The van der Waals surface area contributed by atoms with Crippen molar-refractivity contribution in [3.8, 4) is 0 Å². The average Bonchev–Trinajstić information content (AvgIpc) is 2.65. The SMILES string of the molecule is Nc1c(Cl)cc(Cl)cc1N1CC(S(N)(=O)=O)CC1=O. The Hall–Kier alpha value is -1.02. The van der Waals surface area contributed by atoms with Gasteiger partial charge in [0.1, 0.15) is 5.25 Å². The highest BCUT2D eigenvalue weighted by Crippen LogP contribution is 2.36. The largest absolute Gasteiger partial charge is 0.396 e. The Morgan fingerprint density at radius 3 is 2.47 bits per heavy atom. The summed E-state index contributed by atoms with van der Waals surface area (Å²) in [7, 11) is -3.78. The smallest absolute Gasteiger partial charge is 0.228 e. The molecule has 0 aromatic heterocycles. The van der Waals surface area contributed by atoms with E-state index < -0.39 is 15.3 Å². The van der Waals surface area contributed by atoms with Gasteiger partial charge in [0, 0.05) is 18.0 Å². The van der Waals surface area contributed by atoms with Crippen LogP contribution >= 0.6 is 23.2 Å². The summed E-state index contributed by atoms with van der Waals surface area (Å²) in [5, 5.41) is 4.61. The minimum atomic E-state index is -3.78. The molecule has 9 heteroatoms. The third-order valence-corrected chi connectivity index (χ3v) is 4.69. The van der Waals surface area contributed by atoms with Gasteiger partial charge in [0.05, 0.1) is 16.4 Å². The number of anilines is 2. The maximum atomic E-state index is 11.9. The topological polar surface area (TPSA) is 106 Å². The van der Waals surface area contributed by atoms with E-state index in [0.29, 0.717) is 10.7 Å². The van der Waals surface area contributed by atoms with Crippen LogP contribution in [0, 0.1) is 0 Å². The molecule has 0 saturated carbocycles. The molecule has 1 atom stereocenters. The Bertz CT molecular complexity index is 648. The normalized spacial score (nSPS) is 20.1. The highest BCUT2D eigenvalue weighted by atomic mass is 35.5. The van der Waals surface area contributed by atoms with Gasteiger partial charge >= 0.3 is 0 Å². The van der Waals surface area contributed by atoms with Crippen molar-refractivity contribution in [3.05, 3.63) is 22.2 Å². The molecule has 6 nitrogen and oxygen atoms in total. The van der Waals surface area contributed by atoms with E-state index in [-0.39, 0.29) is 29.6 Å². The number of nitrogens with two attached hydrogens (primary N) is 2. The van der Waals surface area contributed by atoms with Crippen LogP contribution in [0.15, 0.2) is 12.1 Å². The summed E-state index contributed by atoms with van der Waals surface area (Å²) in [5.41, 5.74) is 6.26. The van der Waals surface area contributed by atoms with Crippen molar-refractivity contribution < 1.29 is 13.2 Å². The van der Waals surface area contributed by atoms with E-state index in [9.17, 15) is 13.2 Å². The molecule has 0 spiro atoms. The van der Waals surface area contributed by atoms with Gasteiger partial charge in [-0.3, -0.25) is 4.79 Å². The number of sulfonamides is 1. The first-order valence-electron chi connectivity index (χ1n) is 5.26. The minimum absolute atomic E-state index is 0.0570. The molecule has 1 heterocycles. The van der Waals surface area contributed by atoms with Gasteiger partial charge in [-0.1, -0.05) is 23.2 Å². The van der Waals surface area contributed by atoms with Gasteiger partial charge < -0.3 is 10.6 Å². The number of halogens is 2. The second-order valence-electron chi connectivity index (χ2n) is 4.24. The fraction of sp³-hybridized carbons (Fsp3) is 0.300. The number of carbonyl (C=O) groups is 1. The van der Waals surface area contributed by atoms with Crippen LogP contribution in [0.2, 0.25) is 10.0 Å². The van der Waals surface area contributed by atoms with E-state index in [0.717, 1.165) is 0 Å². The molecule has 0 radical (unpaired) electrons. The van der Waals surface area contributed by atoms with Gasteiger partial charge in [-0.25, -0.2) is 13.6 Å². The molecule has 0 aliphatic carbocycles. The number of carbonyl (C=O) groups excluding carboxylic acids is 1. The number of primary sulfonamides is 1. The average molecular weight is 324 g/mol. The van der Waals surface area contributed by atoms with Gasteiger partial charge in [-0.2, -0.15) is 0 Å². The van der Waals surface area contributed by atoms with E-state index in [1.807, 2.05) is 0 Å². The minimum Gasteiger partial charge on any atom is -0.396 e. The maximum absolute atomic E-state index is 11.9. The summed E-state index contributed by atoms with van der Waals surface area (Å²) < 4.78 is 22.6. The third-order valence-electron chi connectivity index (χ3n) is 2.92. The second-order valence-corrected chi connectivity index (χ2v) is 6.93. The second kappa shape index (κ2) is 4.82. The first kappa shape index (κ1) is 14.4. The van der Waals surface area contributed by atoms with Gasteiger partial charge in [0.15, 0.2) is 0 Å². The first-order chi connectivity index (χ1) is 8.70. The molecule has 104 valence electrons. The van der Waals surface area contributed by atoms with Gasteiger partial charge in [0.25, 0.3) is 0 Å². The van der Waals surface area contributed by atoms with E-state index in [4.69, 9.17) is 34.1 Å². The Balaban J connectivity index is 2.41. The van der Waals surface area contributed by atoms with Crippen LogP contribution in [0.3, 0.4) is 0 Å². The predicted molar refractivity (Wildman–Crippen MR) is 74.7 cm³/mol. The van der Waals surface area contributed by atoms with Crippen LogP contribution in [0.1, 0.15) is 6.42 Å². The highest BCUT2D eigenvalue weighted by Gasteiger charge is 2.38. The molecule has 1 fully saturated rings. The van der Waals surface area contributed by atoms with E-state index in [1.165, 1.54) is 17.0 Å². The van der Waals surface area contributed by atoms with Crippen molar-refractivity contribution >= 4 is 50.5 Å². The third kappa shape index (κ3) is 2.79. The van der Waals surface area contributed by atoms with E-state index in [1.54, 1.807) is 0 Å². The van der Waals surface area contributed by atoms with Crippen LogP contribution in [-0.2, 0) is 14.8 Å². The Labute approximate surface area is 120 Å². The lowest BCUT2D eigenvalue weighted by Crippen LogP contribution is -2.32. The molecule has 1 unspecified atom stereocenters. The number of hydrogen-bond acceptors (Lipinski definition) is 4. The molecular weight excluding hydrogens is 313 g/mol. The number of nitrogens with zero attached hydrogens (tertiary/aromatic N) is 1. The number of nitrogen functional groups attached to an aromatic ring is 1. The molecule has 0 bridgehead atoms. The summed E-state index contributed by atoms with van der Waals surface area (Å²) in [6, 6.07) is 2.91. The quantitative estimate of drug-likeness (QED) is 0.790. The number of amides is 1. The molecule has 1 aliphatic rings. The van der Waals surface area contributed by atoms with E-state index >= 15 is 0 Å². The fourth-order valence-corrected chi connectivity index (χ4v) is 3.14. The fourth-order valence-electron chi connectivity index (χ4n) is 1.92.